The molecule has 144 valence electrons. The Labute approximate surface area is 159 Å². The predicted octanol–water partition coefficient (Wildman–Crippen LogP) is 3.39. The number of carbonyl (C=O) groups excluding carboxylic acids is 2. The number of carbonyl (C=O) groups is 2. The van der Waals surface area contributed by atoms with E-state index >= 15 is 0 Å². The van der Waals surface area contributed by atoms with Crippen LogP contribution in [-0.2, 0) is 16.0 Å². The molecule has 0 aliphatic carbocycles. The van der Waals surface area contributed by atoms with Gasteiger partial charge in [-0.3, -0.25) is 4.79 Å². The van der Waals surface area contributed by atoms with Crippen molar-refractivity contribution in [3.05, 3.63) is 16.1 Å². The highest BCUT2D eigenvalue weighted by Crippen LogP contribution is 2.35. The van der Waals surface area contributed by atoms with E-state index in [4.69, 9.17) is 4.74 Å². The van der Waals surface area contributed by atoms with Crippen LogP contribution in [0.3, 0.4) is 0 Å². The number of ether oxygens (including phenoxy) is 1. The molecule has 3 rings (SSSR count). The van der Waals surface area contributed by atoms with Crippen LogP contribution in [0.25, 0.3) is 0 Å². The van der Waals surface area contributed by atoms with Gasteiger partial charge >= 0.3 is 6.09 Å². The van der Waals surface area contributed by atoms with Crippen molar-refractivity contribution in [1.82, 2.24) is 14.8 Å². The second kappa shape index (κ2) is 7.94. The molecular weight excluding hydrogens is 350 g/mol. The van der Waals surface area contributed by atoms with Gasteiger partial charge in [-0.25, -0.2) is 9.78 Å². The Morgan fingerprint density at radius 1 is 1.42 bits per heavy atom. The average Bonchev–Trinajstić information content (AvgIpc) is 3.17. The predicted molar refractivity (Wildman–Crippen MR) is 101 cm³/mol. The summed E-state index contributed by atoms with van der Waals surface area (Å²) in [4.78, 5) is 34.0. The highest BCUT2D eigenvalue weighted by atomic mass is 32.1. The summed E-state index contributed by atoms with van der Waals surface area (Å²) in [6, 6.07) is 0.217. The third-order valence-electron chi connectivity index (χ3n) is 5.67. The Morgan fingerprint density at radius 2 is 2.15 bits per heavy atom. The maximum Gasteiger partial charge on any atom is 0.410 e. The molecule has 26 heavy (non-hydrogen) atoms. The van der Waals surface area contributed by atoms with Crippen LogP contribution in [0.1, 0.15) is 56.5 Å². The fraction of sp³-hybridized carbons (Fsp3) is 0.737. The van der Waals surface area contributed by atoms with Crippen LogP contribution in [0.5, 0.6) is 0 Å². The standard InChI is InChI=1S/C19H29N3O3S/c1-4-5-14(2)22-12-19(25-18(22)24)8-10-21(11-9-19)17(23)7-6-16-15(3)20-13-26-16/h13-14H,4-12H2,1-3H3. The highest BCUT2D eigenvalue weighted by Gasteiger charge is 2.48. The second-order valence-corrected chi connectivity index (χ2v) is 8.50. The molecule has 2 aliphatic heterocycles. The van der Waals surface area contributed by atoms with Gasteiger partial charge in [0.1, 0.15) is 5.60 Å². The monoisotopic (exact) mass is 379 g/mol. The first-order chi connectivity index (χ1) is 12.4. The van der Waals surface area contributed by atoms with Gasteiger partial charge in [-0.2, -0.15) is 0 Å². The topological polar surface area (TPSA) is 62.7 Å². The first kappa shape index (κ1) is 19.1. The van der Waals surface area contributed by atoms with Crippen LogP contribution in [-0.4, -0.2) is 58.1 Å². The first-order valence-corrected chi connectivity index (χ1v) is 10.5. The first-order valence-electron chi connectivity index (χ1n) is 9.60. The number of nitrogens with zero attached hydrogens (tertiary/aromatic N) is 3. The van der Waals surface area contributed by atoms with Crippen molar-refractivity contribution in [2.45, 2.75) is 70.9 Å². The summed E-state index contributed by atoms with van der Waals surface area (Å²) < 4.78 is 5.77. The Kier molecular flexibility index (Phi) is 5.85. The average molecular weight is 380 g/mol. The molecule has 3 heterocycles. The Bertz CT molecular complexity index is 652. The number of thiazole rings is 1. The van der Waals surface area contributed by atoms with E-state index in [0.29, 0.717) is 26.1 Å². The van der Waals surface area contributed by atoms with Crippen molar-refractivity contribution < 1.29 is 14.3 Å². The van der Waals surface area contributed by atoms with Crippen LogP contribution in [0.4, 0.5) is 4.79 Å². The maximum atomic E-state index is 12.5. The summed E-state index contributed by atoms with van der Waals surface area (Å²) in [6.07, 6.45) is 4.61. The number of amides is 2. The number of aromatic nitrogens is 1. The SMILES string of the molecule is CCCC(C)N1CC2(CCN(C(=O)CCc3scnc3C)CC2)OC1=O. The smallest absolute Gasteiger partial charge is 0.410 e. The Hall–Kier alpha value is -1.63. The molecule has 2 aliphatic rings. The van der Waals surface area contributed by atoms with Gasteiger partial charge in [-0.1, -0.05) is 13.3 Å². The molecular formula is C19H29N3O3S. The van der Waals surface area contributed by atoms with Crippen molar-refractivity contribution in [2.24, 2.45) is 0 Å². The van der Waals surface area contributed by atoms with Gasteiger partial charge < -0.3 is 14.5 Å². The summed E-state index contributed by atoms with van der Waals surface area (Å²) in [5.74, 6) is 0.188. The van der Waals surface area contributed by atoms with Gasteiger partial charge in [0.15, 0.2) is 0 Å². The number of likely N-dealkylation sites (tertiary alicyclic amines) is 1. The zero-order valence-electron chi connectivity index (χ0n) is 16.0. The zero-order chi connectivity index (χ0) is 18.7. The van der Waals surface area contributed by atoms with Crippen LogP contribution in [0, 0.1) is 6.92 Å². The third-order valence-corrected chi connectivity index (χ3v) is 6.67. The number of hydrogen-bond acceptors (Lipinski definition) is 5. The zero-order valence-corrected chi connectivity index (χ0v) is 16.8. The van der Waals surface area contributed by atoms with Gasteiger partial charge in [0.05, 0.1) is 17.7 Å². The quantitative estimate of drug-likeness (QED) is 0.760. The summed E-state index contributed by atoms with van der Waals surface area (Å²) >= 11 is 1.62. The van der Waals surface area contributed by atoms with Gasteiger partial charge in [0.25, 0.3) is 0 Å². The molecule has 1 unspecified atom stereocenters. The number of rotatable bonds is 6. The lowest BCUT2D eigenvalue weighted by Crippen LogP contribution is -2.49. The van der Waals surface area contributed by atoms with Gasteiger partial charge in [0, 0.05) is 43.3 Å². The number of piperidine rings is 1. The van der Waals surface area contributed by atoms with Crippen LogP contribution >= 0.6 is 11.3 Å². The summed E-state index contributed by atoms with van der Waals surface area (Å²) in [5.41, 5.74) is 2.46. The van der Waals surface area contributed by atoms with Gasteiger partial charge in [-0.15, -0.1) is 11.3 Å². The van der Waals surface area contributed by atoms with E-state index in [1.165, 1.54) is 4.88 Å². The molecule has 7 heteroatoms. The molecule has 1 aromatic heterocycles. The summed E-state index contributed by atoms with van der Waals surface area (Å²) in [6.45, 7) is 8.21. The molecule has 0 saturated carbocycles. The molecule has 0 N–H and O–H groups in total. The van der Waals surface area contributed by atoms with Gasteiger partial charge in [0.2, 0.25) is 5.91 Å². The molecule has 0 radical (unpaired) electrons. The van der Waals surface area contributed by atoms with Crippen molar-refractivity contribution in [2.75, 3.05) is 19.6 Å². The minimum Gasteiger partial charge on any atom is -0.441 e. The van der Waals surface area contributed by atoms with Crippen molar-refractivity contribution >= 4 is 23.3 Å². The number of hydrogen-bond donors (Lipinski definition) is 0. The molecule has 2 amide bonds. The van der Waals surface area contributed by atoms with Crippen LogP contribution in [0.15, 0.2) is 5.51 Å². The van der Waals surface area contributed by atoms with E-state index in [-0.39, 0.29) is 18.0 Å². The molecule has 1 atom stereocenters. The fourth-order valence-electron chi connectivity index (χ4n) is 3.93. The third kappa shape index (κ3) is 4.03. The van der Waals surface area contributed by atoms with E-state index in [1.54, 1.807) is 11.3 Å². The summed E-state index contributed by atoms with van der Waals surface area (Å²) in [7, 11) is 0. The van der Waals surface area contributed by atoms with E-state index < -0.39 is 5.60 Å². The Morgan fingerprint density at radius 3 is 2.77 bits per heavy atom. The lowest BCUT2D eigenvalue weighted by molar-refractivity contribution is -0.134. The van der Waals surface area contributed by atoms with Crippen molar-refractivity contribution in [1.29, 1.82) is 0 Å². The van der Waals surface area contributed by atoms with E-state index in [0.717, 1.165) is 37.8 Å². The lowest BCUT2D eigenvalue weighted by Gasteiger charge is -2.37. The number of aryl methyl sites for hydroxylation is 2. The Balaban J connectivity index is 1.50. The minimum atomic E-state index is -0.399. The van der Waals surface area contributed by atoms with Gasteiger partial charge in [-0.05, 0) is 26.7 Å². The largest absolute Gasteiger partial charge is 0.441 e. The van der Waals surface area contributed by atoms with Crippen LogP contribution in [0.2, 0.25) is 0 Å². The molecule has 2 saturated heterocycles. The second-order valence-electron chi connectivity index (χ2n) is 7.56. The molecule has 6 nitrogen and oxygen atoms in total. The van der Waals surface area contributed by atoms with E-state index in [1.807, 2.05) is 22.2 Å². The van der Waals surface area contributed by atoms with E-state index in [9.17, 15) is 9.59 Å². The molecule has 2 fully saturated rings. The molecule has 1 aromatic rings. The lowest BCUT2D eigenvalue weighted by atomic mass is 9.90. The van der Waals surface area contributed by atoms with Crippen LogP contribution < -0.4 is 0 Å². The normalized spacial score (nSPS) is 20.5. The summed E-state index contributed by atoms with van der Waals surface area (Å²) in [5, 5.41) is 0. The maximum absolute atomic E-state index is 12.5. The van der Waals surface area contributed by atoms with Crippen molar-refractivity contribution in [3.63, 3.8) is 0 Å². The van der Waals surface area contributed by atoms with E-state index in [2.05, 4.69) is 18.8 Å². The molecule has 1 spiro atoms. The fourth-order valence-corrected chi connectivity index (χ4v) is 4.71. The highest BCUT2D eigenvalue weighted by molar-refractivity contribution is 7.09. The van der Waals surface area contributed by atoms with Crippen molar-refractivity contribution in [3.8, 4) is 0 Å². The minimum absolute atomic E-state index is 0.188. The molecule has 0 aromatic carbocycles. The molecule has 0 bridgehead atoms.